The molecule has 0 radical (unpaired) electrons. The maximum absolute atomic E-state index is 12.7. The Morgan fingerprint density at radius 3 is 2.50 bits per heavy atom. The van der Waals surface area contributed by atoms with Crippen molar-refractivity contribution in [2.75, 3.05) is 0 Å². The van der Waals surface area contributed by atoms with Gasteiger partial charge < -0.3 is 9.84 Å². The maximum atomic E-state index is 12.7. The summed E-state index contributed by atoms with van der Waals surface area (Å²) in [5.41, 5.74) is 1.23. The summed E-state index contributed by atoms with van der Waals surface area (Å²) in [5.74, 6) is 0.0276. The topological polar surface area (TPSA) is 68.5 Å². The number of carbonyl (C=O) groups excluding carboxylic acids is 1. The van der Waals surface area contributed by atoms with Crippen molar-refractivity contribution in [2.24, 2.45) is 0 Å². The largest absolute Gasteiger partial charge is 0.427 e. The normalized spacial score (nSPS) is 10.8. The molecule has 1 heterocycles. The molecule has 0 bridgehead atoms. The Labute approximate surface area is 146 Å². The van der Waals surface area contributed by atoms with Gasteiger partial charge in [-0.3, -0.25) is 14.2 Å². The molecule has 1 N–H and O–H groups in total. The van der Waals surface area contributed by atoms with E-state index in [1.165, 1.54) is 11.5 Å². The van der Waals surface area contributed by atoms with E-state index in [2.05, 4.69) is 15.9 Å². The van der Waals surface area contributed by atoms with Crippen molar-refractivity contribution in [3.8, 4) is 11.4 Å². The molecular weight excluding hydrogens is 374 g/mol. The lowest BCUT2D eigenvalue weighted by Gasteiger charge is -2.11. The highest BCUT2D eigenvalue weighted by Crippen LogP contribution is 2.24. The third-order valence-corrected chi connectivity index (χ3v) is 4.22. The Bertz CT molecular complexity index is 977. The van der Waals surface area contributed by atoms with Gasteiger partial charge in [0.15, 0.2) is 0 Å². The number of carbonyl (C=O) groups is 1. The molecule has 0 aliphatic rings. The fourth-order valence-corrected chi connectivity index (χ4v) is 3.01. The van der Waals surface area contributed by atoms with E-state index in [1.807, 2.05) is 0 Å². The molecule has 0 unspecified atom stereocenters. The van der Waals surface area contributed by atoms with Gasteiger partial charge in [0.25, 0.3) is 5.56 Å². The second kappa shape index (κ2) is 6.59. The van der Waals surface area contributed by atoms with Crippen LogP contribution in [-0.4, -0.2) is 15.6 Å². The third kappa shape index (κ3) is 3.11. The second-order valence-corrected chi connectivity index (χ2v) is 6.13. The van der Waals surface area contributed by atoms with Crippen LogP contribution in [-0.2, 0) is 11.4 Å². The number of fused-ring (bicyclic) bond motifs is 1. The molecule has 0 fully saturated rings. The fourth-order valence-electron chi connectivity index (χ4n) is 2.48. The zero-order valence-electron chi connectivity index (χ0n) is 12.8. The lowest BCUT2D eigenvalue weighted by atomic mass is 10.1. The first-order valence-corrected chi connectivity index (χ1v) is 8.02. The Morgan fingerprint density at radius 2 is 1.88 bits per heavy atom. The molecule has 2 aromatic carbocycles. The van der Waals surface area contributed by atoms with Gasteiger partial charge in [-0.2, -0.15) is 0 Å². The lowest BCUT2D eigenvalue weighted by Crippen LogP contribution is -2.18. The van der Waals surface area contributed by atoms with Crippen LogP contribution < -0.4 is 10.3 Å². The third-order valence-electron chi connectivity index (χ3n) is 3.59. The SMILES string of the molecule is CC(=O)Oc1ccc(-n2cc(Br)c3cc(CO)ccc3c2=O)cc1. The number of esters is 1. The van der Waals surface area contributed by atoms with Gasteiger partial charge in [0, 0.05) is 34.1 Å². The molecule has 6 heteroatoms. The molecule has 122 valence electrons. The van der Waals surface area contributed by atoms with Crippen LogP contribution >= 0.6 is 15.9 Å². The standard InChI is InChI=1S/C18H14BrNO4/c1-11(22)24-14-5-3-13(4-6-14)20-9-17(19)16-8-12(10-21)2-7-15(16)18(20)23/h2-9,21H,10H2,1H3. The first kappa shape index (κ1) is 16.4. The van der Waals surface area contributed by atoms with Gasteiger partial charge in [0.05, 0.1) is 6.61 Å². The number of benzene rings is 2. The minimum Gasteiger partial charge on any atom is -0.427 e. The first-order valence-electron chi connectivity index (χ1n) is 7.23. The zero-order chi connectivity index (χ0) is 17.3. The Hall–Kier alpha value is -2.44. The molecule has 0 aliphatic carbocycles. The van der Waals surface area contributed by atoms with Crippen molar-refractivity contribution in [3.63, 3.8) is 0 Å². The Kier molecular flexibility index (Phi) is 4.51. The number of hydrogen-bond donors (Lipinski definition) is 1. The highest BCUT2D eigenvalue weighted by molar-refractivity contribution is 9.10. The average Bonchev–Trinajstić information content (AvgIpc) is 2.58. The van der Waals surface area contributed by atoms with Crippen LogP contribution in [0.3, 0.4) is 0 Å². The second-order valence-electron chi connectivity index (χ2n) is 5.28. The average molecular weight is 388 g/mol. The summed E-state index contributed by atoms with van der Waals surface area (Å²) in [4.78, 5) is 23.7. The molecule has 0 saturated heterocycles. The number of aliphatic hydroxyl groups excluding tert-OH is 1. The van der Waals surface area contributed by atoms with Crippen molar-refractivity contribution in [1.82, 2.24) is 4.57 Å². The molecule has 1 aromatic heterocycles. The zero-order valence-corrected chi connectivity index (χ0v) is 14.4. The number of aromatic nitrogens is 1. The van der Waals surface area contributed by atoms with Gasteiger partial charge in [0.2, 0.25) is 0 Å². The highest BCUT2D eigenvalue weighted by Gasteiger charge is 2.10. The molecule has 0 aliphatic heterocycles. The lowest BCUT2D eigenvalue weighted by molar-refractivity contribution is -0.131. The van der Waals surface area contributed by atoms with Crippen molar-refractivity contribution >= 4 is 32.7 Å². The molecule has 0 saturated carbocycles. The number of nitrogens with zero attached hydrogens (tertiary/aromatic N) is 1. The minimum absolute atomic E-state index is 0.0803. The van der Waals surface area contributed by atoms with Crippen LogP contribution in [0.15, 0.2) is 57.9 Å². The van der Waals surface area contributed by atoms with Crippen molar-refractivity contribution in [3.05, 3.63) is 69.1 Å². The Balaban J connectivity index is 2.11. The molecule has 5 nitrogen and oxygen atoms in total. The summed E-state index contributed by atoms with van der Waals surface area (Å²) < 4.78 is 7.26. The summed E-state index contributed by atoms with van der Waals surface area (Å²) >= 11 is 3.48. The van der Waals surface area contributed by atoms with E-state index in [0.717, 1.165) is 15.4 Å². The number of ether oxygens (including phenoxy) is 1. The van der Waals surface area contributed by atoms with E-state index in [4.69, 9.17) is 4.74 Å². The number of hydrogen-bond acceptors (Lipinski definition) is 4. The van der Waals surface area contributed by atoms with Crippen molar-refractivity contribution < 1.29 is 14.6 Å². The van der Waals surface area contributed by atoms with E-state index in [-0.39, 0.29) is 12.2 Å². The van der Waals surface area contributed by atoms with Gasteiger partial charge in [-0.1, -0.05) is 6.07 Å². The van der Waals surface area contributed by atoms with Gasteiger partial charge in [-0.05, 0) is 57.9 Å². The van der Waals surface area contributed by atoms with Crippen LogP contribution in [0.1, 0.15) is 12.5 Å². The number of pyridine rings is 1. The van der Waals surface area contributed by atoms with E-state index >= 15 is 0 Å². The van der Waals surface area contributed by atoms with Gasteiger partial charge in [-0.25, -0.2) is 0 Å². The molecule has 24 heavy (non-hydrogen) atoms. The van der Waals surface area contributed by atoms with Crippen LogP contribution in [0, 0.1) is 0 Å². The quantitative estimate of drug-likeness (QED) is 0.553. The van der Waals surface area contributed by atoms with E-state index in [9.17, 15) is 14.7 Å². The molecule has 3 aromatic rings. The summed E-state index contributed by atoms with van der Waals surface area (Å²) in [6.07, 6.45) is 1.69. The molecule has 3 rings (SSSR count). The van der Waals surface area contributed by atoms with Crippen molar-refractivity contribution in [1.29, 1.82) is 0 Å². The summed E-state index contributed by atoms with van der Waals surface area (Å²) in [7, 11) is 0. The van der Waals surface area contributed by atoms with Crippen molar-refractivity contribution in [2.45, 2.75) is 13.5 Å². The monoisotopic (exact) mass is 387 g/mol. The number of rotatable bonds is 3. The summed E-state index contributed by atoms with van der Waals surface area (Å²) in [5, 5.41) is 10.5. The molecule has 0 amide bonds. The maximum Gasteiger partial charge on any atom is 0.308 e. The van der Waals surface area contributed by atoms with Crippen LogP contribution in [0.5, 0.6) is 5.75 Å². The first-order chi connectivity index (χ1) is 11.5. The Morgan fingerprint density at radius 1 is 1.17 bits per heavy atom. The number of aliphatic hydroxyl groups is 1. The summed E-state index contributed by atoms with van der Waals surface area (Å²) in [6.45, 7) is 1.25. The van der Waals surface area contributed by atoms with Gasteiger partial charge in [0.1, 0.15) is 5.75 Å². The van der Waals surface area contributed by atoms with Gasteiger partial charge >= 0.3 is 5.97 Å². The van der Waals surface area contributed by atoms with Crippen LogP contribution in [0.2, 0.25) is 0 Å². The highest BCUT2D eigenvalue weighted by atomic mass is 79.9. The minimum atomic E-state index is -0.395. The molecular formula is C18H14BrNO4. The van der Waals surface area contributed by atoms with E-state index < -0.39 is 5.97 Å². The smallest absolute Gasteiger partial charge is 0.308 e. The van der Waals surface area contributed by atoms with E-state index in [0.29, 0.717) is 16.8 Å². The predicted molar refractivity (Wildman–Crippen MR) is 94.5 cm³/mol. The molecule has 0 atom stereocenters. The predicted octanol–water partition coefficient (Wildman–Crippen LogP) is 3.17. The van der Waals surface area contributed by atoms with E-state index in [1.54, 1.807) is 48.7 Å². The number of halogens is 1. The van der Waals surface area contributed by atoms with Crippen LogP contribution in [0.4, 0.5) is 0 Å². The van der Waals surface area contributed by atoms with Gasteiger partial charge in [-0.15, -0.1) is 0 Å². The fraction of sp³-hybridized carbons (Fsp3) is 0.111. The molecule has 0 spiro atoms. The van der Waals surface area contributed by atoms with Crippen LogP contribution in [0.25, 0.3) is 16.5 Å². The summed E-state index contributed by atoms with van der Waals surface area (Å²) in [6, 6.07) is 11.9.